The maximum atomic E-state index is 11.8. The molecule has 1 aliphatic rings. The Morgan fingerprint density at radius 2 is 2.05 bits per heavy atom. The molecule has 0 atom stereocenters. The molecule has 0 radical (unpaired) electrons. The summed E-state index contributed by atoms with van der Waals surface area (Å²) >= 11 is 6.12. The van der Waals surface area contributed by atoms with Gasteiger partial charge in [-0.15, -0.1) is 0 Å². The van der Waals surface area contributed by atoms with Crippen molar-refractivity contribution in [3.63, 3.8) is 0 Å². The van der Waals surface area contributed by atoms with Crippen LogP contribution in [0.5, 0.6) is 0 Å². The Bertz CT molecular complexity index is 631. The minimum Gasteiger partial charge on any atom is -0.385 e. The van der Waals surface area contributed by atoms with Crippen LogP contribution in [0, 0.1) is 5.41 Å². The highest BCUT2D eigenvalue weighted by Crippen LogP contribution is 2.23. The second-order valence-electron chi connectivity index (χ2n) is 5.29. The fourth-order valence-corrected chi connectivity index (χ4v) is 2.53. The summed E-state index contributed by atoms with van der Waals surface area (Å²) in [5.41, 5.74) is 7.83. The van der Waals surface area contributed by atoms with E-state index < -0.39 is 5.91 Å². The number of halogens is 1. The number of amides is 1. The van der Waals surface area contributed by atoms with Gasteiger partial charge in [-0.05, 0) is 18.2 Å². The standard InChI is InChI=1S/C15H20ClN5O/c1-21(2)11-6-9(5-10(16)7-11)14(17)13(15(18)22)12-8-19-3-4-20-12/h5-7,17,19-20H,3-4,8H2,1-2H3,(H2,18,22)/b13-12+,17-14?. The van der Waals surface area contributed by atoms with Gasteiger partial charge in [-0.3, -0.25) is 10.2 Å². The number of hydrogen-bond donors (Lipinski definition) is 4. The predicted molar refractivity (Wildman–Crippen MR) is 89.7 cm³/mol. The first-order chi connectivity index (χ1) is 10.4. The zero-order valence-electron chi connectivity index (χ0n) is 12.7. The number of hydrogen-bond acceptors (Lipinski definition) is 5. The zero-order chi connectivity index (χ0) is 16.3. The molecule has 1 fully saturated rings. The molecular formula is C15H20ClN5O. The van der Waals surface area contributed by atoms with Crippen LogP contribution in [0.25, 0.3) is 0 Å². The Morgan fingerprint density at radius 1 is 1.32 bits per heavy atom. The van der Waals surface area contributed by atoms with Crippen molar-refractivity contribution in [2.75, 3.05) is 38.6 Å². The summed E-state index contributed by atoms with van der Waals surface area (Å²) in [6.45, 7) is 1.99. The third-order valence-electron chi connectivity index (χ3n) is 3.43. The van der Waals surface area contributed by atoms with E-state index in [2.05, 4.69) is 10.6 Å². The summed E-state index contributed by atoms with van der Waals surface area (Å²) in [6, 6.07) is 5.28. The van der Waals surface area contributed by atoms with Gasteiger partial charge >= 0.3 is 0 Å². The number of benzene rings is 1. The van der Waals surface area contributed by atoms with Gasteiger partial charge in [-0.2, -0.15) is 0 Å². The molecule has 1 aromatic rings. The lowest BCUT2D eigenvalue weighted by atomic mass is 9.98. The van der Waals surface area contributed by atoms with E-state index in [1.165, 1.54) is 0 Å². The van der Waals surface area contributed by atoms with Gasteiger partial charge in [0.1, 0.15) is 0 Å². The summed E-state index contributed by atoms with van der Waals surface area (Å²) < 4.78 is 0. The number of nitrogens with one attached hydrogen (secondary N) is 3. The summed E-state index contributed by atoms with van der Waals surface area (Å²) in [5, 5.41) is 15.2. The lowest BCUT2D eigenvalue weighted by molar-refractivity contribution is -0.114. The van der Waals surface area contributed by atoms with E-state index in [1.807, 2.05) is 25.1 Å². The van der Waals surface area contributed by atoms with Crippen molar-refractivity contribution < 1.29 is 4.79 Å². The third kappa shape index (κ3) is 3.58. The normalized spacial score (nSPS) is 16.7. The fourth-order valence-electron chi connectivity index (χ4n) is 2.30. The van der Waals surface area contributed by atoms with E-state index in [4.69, 9.17) is 22.7 Å². The molecule has 1 heterocycles. The van der Waals surface area contributed by atoms with Crippen LogP contribution in [-0.4, -0.2) is 45.3 Å². The van der Waals surface area contributed by atoms with E-state index in [0.29, 0.717) is 29.4 Å². The first-order valence-corrected chi connectivity index (χ1v) is 7.32. The first kappa shape index (κ1) is 16.3. The van der Waals surface area contributed by atoms with Gasteiger partial charge in [0.05, 0.1) is 11.3 Å². The third-order valence-corrected chi connectivity index (χ3v) is 3.65. The highest BCUT2D eigenvalue weighted by molar-refractivity contribution is 6.32. The van der Waals surface area contributed by atoms with E-state index in [-0.39, 0.29) is 11.3 Å². The second kappa shape index (κ2) is 6.81. The molecule has 22 heavy (non-hydrogen) atoms. The molecule has 0 bridgehead atoms. The van der Waals surface area contributed by atoms with Crippen molar-refractivity contribution in [2.45, 2.75) is 0 Å². The topological polar surface area (TPSA) is 94.2 Å². The molecule has 0 unspecified atom stereocenters. The number of anilines is 1. The molecule has 1 aliphatic heterocycles. The largest absolute Gasteiger partial charge is 0.385 e. The van der Waals surface area contributed by atoms with Crippen LogP contribution in [0.3, 0.4) is 0 Å². The number of nitrogens with zero attached hydrogens (tertiary/aromatic N) is 1. The smallest absolute Gasteiger partial charge is 0.252 e. The van der Waals surface area contributed by atoms with Crippen molar-refractivity contribution in [2.24, 2.45) is 5.73 Å². The zero-order valence-corrected chi connectivity index (χ0v) is 13.4. The average molecular weight is 322 g/mol. The fraction of sp³-hybridized carbons (Fsp3) is 0.333. The van der Waals surface area contributed by atoms with E-state index >= 15 is 0 Å². The summed E-state index contributed by atoms with van der Waals surface area (Å²) in [6.07, 6.45) is 0. The molecule has 118 valence electrons. The van der Waals surface area contributed by atoms with Crippen molar-refractivity contribution in [3.05, 3.63) is 40.1 Å². The molecule has 1 saturated heterocycles. The molecule has 1 aromatic carbocycles. The summed E-state index contributed by atoms with van der Waals surface area (Å²) in [4.78, 5) is 13.7. The summed E-state index contributed by atoms with van der Waals surface area (Å²) in [5.74, 6) is -0.623. The molecule has 0 saturated carbocycles. The Balaban J connectivity index is 2.46. The van der Waals surface area contributed by atoms with Gasteiger partial charge in [0.15, 0.2) is 0 Å². The van der Waals surface area contributed by atoms with Crippen molar-refractivity contribution in [1.82, 2.24) is 10.6 Å². The number of carbonyl (C=O) groups excluding carboxylic acids is 1. The minimum absolute atomic E-state index is 0.0734. The van der Waals surface area contributed by atoms with Crippen molar-refractivity contribution >= 4 is 28.9 Å². The van der Waals surface area contributed by atoms with E-state index in [0.717, 1.165) is 12.2 Å². The van der Waals surface area contributed by atoms with Crippen LogP contribution in [-0.2, 0) is 4.79 Å². The number of piperazine rings is 1. The Kier molecular flexibility index (Phi) is 5.05. The van der Waals surface area contributed by atoms with Crippen LogP contribution >= 0.6 is 11.6 Å². The predicted octanol–water partition coefficient (Wildman–Crippen LogP) is 0.706. The monoisotopic (exact) mass is 321 g/mol. The molecule has 0 spiro atoms. The molecule has 1 amide bonds. The number of nitrogens with two attached hydrogens (primary N) is 1. The average Bonchev–Trinajstić information content (AvgIpc) is 2.47. The molecule has 7 heteroatoms. The molecule has 2 rings (SSSR count). The van der Waals surface area contributed by atoms with Crippen molar-refractivity contribution in [1.29, 1.82) is 5.41 Å². The Hall–Kier alpha value is -2.05. The lowest BCUT2D eigenvalue weighted by Gasteiger charge is -2.22. The molecule has 6 nitrogen and oxygen atoms in total. The van der Waals surface area contributed by atoms with Crippen molar-refractivity contribution in [3.8, 4) is 0 Å². The van der Waals surface area contributed by atoms with Gasteiger partial charge in [-0.1, -0.05) is 11.6 Å². The first-order valence-electron chi connectivity index (χ1n) is 6.95. The quantitative estimate of drug-likeness (QED) is 0.485. The molecule has 0 aromatic heterocycles. The lowest BCUT2D eigenvalue weighted by Crippen LogP contribution is -2.41. The minimum atomic E-state index is -0.623. The highest BCUT2D eigenvalue weighted by Gasteiger charge is 2.21. The van der Waals surface area contributed by atoms with Crippen LogP contribution in [0.2, 0.25) is 5.02 Å². The van der Waals surface area contributed by atoms with E-state index in [9.17, 15) is 4.79 Å². The Morgan fingerprint density at radius 3 is 2.59 bits per heavy atom. The number of rotatable bonds is 4. The van der Waals surface area contributed by atoms with Crippen LogP contribution in [0.1, 0.15) is 5.56 Å². The maximum absolute atomic E-state index is 11.8. The number of primary amides is 1. The van der Waals surface area contributed by atoms with Gasteiger partial charge in [-0.25, -0.2) is 0 Å². The SMILES string of the molecule is CN(C)c1cc(Cl)cc(C(=N)/C(C(N)=O)=C2/CNCCN2)c1. The summed E-state index contributed by atoms with van der Waals surface area (Å²) in [7, 11) is 3.78. The number of carbonyl (C=O) groups is 1. The molecule has 0 aliphatic carbocycles. The van der Waals surface area contributed by atoms with E-state index in [1.54, 1.807) is 12.1 Å². The Labute approximate surface area is 134 Å². The van der Waals surface area contributed by atoms with Gasteiger partial charge in [0, 0.05) is 55.7 Å². The molecular weight excluding hydrogens is 302 g/mol. The molecule has 5 N–H and O–H groups in total. The van der Waals surface area contributed by atoms with Crippen LogP contribution in [0.4, 0.5) is 5.69 Å². The highest BCUT2D eigenvalue weighted by atomic mass is 35.5. The van der Waals surface area contributed by atoms with Gasteiger partial charge < -0.3 is 21.3 Å². The maximum Gasteiger partial charge on any atom is 0.252 e. The van der Waals surface area contributed by atoms with Gasteiger partial charge in [0.2, 0.25) is 0 Å². The second-order valence-corrected chi connectivity index (χ2v) is 5.73. The van der Waals surface area contributed by atoms with Crippen LogP contribution in [0.15, 0.2) is 29.5 Å². The van der Waals surface area contributed by atoms with Gasteiger partial charge in [0.25, 0.3) is 5.91 Å². The van der Waals surface area contributed by atoms with Crippen LogP contribution < -0.4 is 21.3 Å².